The highest BCUT2D eigenvalue weighted by atomic mass is 16.5. The number of carboxylic acid groups (broad SMARTS) is 1. The van der Waals surface area contributed by atoms with Crippen LogP contribution in [0.4, 0.5) is 0 Å². The number of aromatic nitrogens is 3. The second kappa shape index (κ2) is 9.91. The van der Waals surface area contributed by atoms with Gasteiger partial charge in [0.05, 0.1) is 18.2 Å². The molecule has 0 fully saturated rings. The Balaban J connectivity index is 1.40. The van der Waals surface area contributed by atoms with Crippen molar-refractivity contribution in [2.24, 2.45) is 0 Å². The second-order valence-corrected chi connectivity index (χ2v) is 8.67. The standard InChI is InChI=1S/C28H27N3O3/c32-28(33)26(34-25-17-9-15-20-10-7-8-16-23(20)25)19-31-18-24(29-30-31)27(21-11-3-1-4-12-21)22-13-5-2-6-14-22/h1-6,9,11-15,17-18,26-27H,7-8,10,16,19H2,(H,32,33). The average molecular weight is 454 g/mol. The lowest BCUT2D eigenvalue weighted by molar-refractivity contribution is -0.145. The smallest absolute Gasteiger partial charge is 0.346 e. The summed E-state index contributed by atoms with van der Waals surface area (Å²) < 4.78 is 7.60. The van der Waals surface area contributed by atoms with Gasteiger partial charge in [0.2, 0.25) is 6.10 Å². The van der Waals surface area contributed by atoms with Crippen LogP contribution in [0.1, 0.15) is 46.7 Å². The number of hydrogen-bond acceptors (Lipinski definition) is 4. The van der Waals surface area contributed by atoms with E-state index in [1.165, 1.54) is 5.56 Å². The summed E-state index contributed by atoms with van der Waals surface area (Å²) in [5.41, 5.74) is 5.35. The van der Waals surface area contributed by atoms with Crippen molar-refractivity contribution in [1.82, 2.24) is 15.0 Å². The van der Waals surface area contributed by atoms with Crippen LogP contribution in [0.2, 0.25) is 0 Å². The molecule has 1 aliphatic carbocycles. The predicted molar refractivity (Wildman–Crippen MR) is 129 cm³/mol. The van der Waals surface area contributed by atoms with Gasteiger partial charge in [0.25, 0.3) is 0 Å². The van der Waals surface area contributed by atoms with Crippen molar-refractivity contribution in [1.29, 1.82) is 0 Å². The molecule has 3 aromatic carbocycles. The maximum Gasteiger partial charge on any atom is 0.346 e. The summed E-state index contributed by atoms with van der Waals surface area (Å²) in [7, 11) is 0. The third kappa shape index (κ3) is 4.71. The van der Waals surface area contributed by atoms with Crippen molar-refractivity contribution in [3.8, 4) is 5.75 Å². The van der Waals surface area contributed by atoms with Gasteiger partial charge in [-0.1, -0.05) is 78.0 Å². The molecule has 0 spiro atoms. The Morgan fingerprint density at radius 2 is 1.59 bits per heavy atom. The Labute approximate surface area is 198 Å². The molecule has 0 radical (unpaired) electrons. The fourth-order valence-corrected chi connectivity index (χ4v) is 4.71. The number of carbonyl (C=O) groups is 1. The molecule has 0 saturated carbocycles. The Kier molecular flexibility index (Phi) is 6.38. The molecule has 6 nitrogen and oxygen atoms in total. The second-order valence-electron chi connectivity index (χ2n) is 8.67. The minimum atomic E-state index is -1.06. The van der Waals surface area contributed by atoms with Crippen LogP contribution < -0.4 is 4.74 Å². The molecule has 1 atom stereocenters. The largest absolute Gasteiger partial charge is 0.478 e. The first-order valence-electron chi connectivity index (χ1n) is 11.7. The van der Waals surface area contributed by atoms with Crippen LogP contribution in [0.5, 0.6) is 5.75 Å². The lowest BCUT2D eigenvalue weighted by Gasteiger charge is -2.22. The van der Waals surface area contributed by atoms with E-state index in [1.54, 1.807) is 4.68 Å². The number of aryl methyl sites for hydroxylation is 1. The van der Waals surface area contributed by atoms with Gasteiger partial charge in [0.1, 0.15) is 5.75 Å². The van der Waals surface area contributed by atoms with Crippen molar-refractivity contribution in [3.05, 3.63) is 113 Å². The van der Waals surface area contributed by atoms with Gasteiger partial charge < -0.3 is 9.84 Å². The molecular formula is C28H27N3O3. The van der Waals surface area contributed by atoms with Gasteiger partial charge in [-0.15, -0.1) is 5.10 Å². The van der Waals surface area contributed by atoms with Crippen LogP contribution in [0, 0.1) is 0 Å². The molecule has 6 heteroatoms. The number of benzene rings is 3. The molecule has 1 heterocycles. The number of rotatable bonds is 8. The van der Waals surface area contributed by atoms with E-state index < -0.39 is 12.1 Å². The van der Waals surface area contributed by atoms with E-state index in [2.05, 4.69) is 40.6 Å². The molecule has 1 unspecified atom stereocenters. The van der Waals surface area contributed by atoms with E-state index in [9.17, 15) is 9.90 Å². The lowest BCUT2D eigenvalue weighted by atomic mass is 9.89. The number of hydrogen-bond donors (Lipinski definition) is 1. The zero-order valence-electron chi connectivity index (χ0n) is 18.9. The van der Waals surface area contributed by atoms with Gasteiger partial charge in [0, 0.05) is 6.20 Å². The zero-order valence-corrected chi connectivity index (χ0v) is 18.9. The van der Waals surface area contributed by atoms with E-state index in [-0.39, 0.29) is 12.5 Å². The molecule has 0 aliphatic heterocycles. The maximum atomic E-state index is 12.1. The van der Waals surface area contributed by atoms with Crippen molar-refractivity contribution in [2.45, 2.75) is 44.2 Å². The Hall–Kier alpha value is -3.93. The number of aliphatic carboxylic acids is 1. The highest BCUT2D eigenvalue weighted by Crippen LogP contribution is 2.32. The summed E-state index contributed by atoms with van der Waals surface area (Å²) in [6, 6.07) is 26.2. The number of ether oxygens (including phenoxy) is 1. The van der Waals surface area contributed by atoms with E-state index in [1.807, 2.05) is 54.7 Å². The van der Waals surface area contributed by atoms with Crippen LogP contribution in [0.3, 0.4) is 0 Å². The first-order valence-corrected chi connectivity index (χ1v) is 11.7. The molecule has 0 amide bonds. The average Bonchev–Trinajstić information content (AvgIpc) is 3.33. The van der Waals surface area contributed by atoms with Gasteiger partial charge in [-0.3, -0.25) is 0 Å². The third-order valence-corrected chi connectivity index (χ3v) is 6.37. The summed E-state index contributed by atoms with van der Waals surface area (Å²) in [6.07, 6.45) is 4.94. The van der Waals surface area contributed by atoms with E-state index >= 15 is 0 Å². The topological polar surface area (TPSA) is 77.2 Å². The minimum Gasteiger partial charge on any atom is -0.478 e. The number of carboxylic acids is 1. The van der Waals surface area contributed by atoms with E-state index in [4.69, 9.17) is 4.74 Å². The fraction of sp³-hybridized carbons (Fsp3) is 0.250. The molecule has 34 heavy (non-hydrogen) atoms. The Morgan fingerprint density at radius 1 is 0.912 bits per heavy atom. The SMILES string of the molecule is O=C(O)C(Cn1cc(C(c2ccccc2)c2ccccc2)nn1)Oc1cccc2c1CCCC2. The highest BCUT2D eigenvalue weighted by molar-refractivity contribution is 5.72. The van der Waals surface area contributed by atoms with Gasteiger partial charge in [-0.2, -0.15) is 0 Å². The van der Waals surface area contributed by atoms with E-state index in [0.29, 0.717) is 5.75 Å². The van der Waals surface area contributed by atoms with Gasteiger partial charge in [0.15, 0.2) is 0 Å². The fourth-order valence-electron chi connectivity index (χ4n) is 4.71. The zero-order chi connectivity index (χ0) is 23.3. The van der Waals surface area contributed by atoms with Crippen LogP contribution in [-0.4, -0.2) is 32.2 Å². The quantitative estimate of drug-likeness (QED) is 0.412. The van der Waals surface area contributed by atoms with Crippen molar-refractivity contribution in [2.75, 3.05) is 0 Å². The Morgan fingerprint density at radius 3 is 2.26 bits per heavy atom. The van der Waals surface area contributed by atoms with Gasteiger partial charge >= 0.3 is 5.97 Å². The molecule has 0 bridgehead atoms. The van der Waals surface area contributed by atoms with Crippen molar-refractivity contribution >= 4 is 5.97 Å². The van der Waals surface area contributed by atoms with Gasteiger partial charge in [-0.05, 0) is 54.0 Å². The highest BCUT2D eigenvalue weighted by Gasteiger charge is 2.25. The minimum absolute atomic E-state index is 0.0717. The van der Waals surface area contributed by atoms with Crippen LogP contribution in [0.25, 0.3) is 0 Å². The monoisotopic (exact) mass is 453 g/mol. The molecule has 0 saturated heterocycles. The molecule has 1 aliphatic rings. The lowest BCUT2D eigenvalue weighted by Crippen LogP contribution is -2.32. The van der Waals surface area contributed by atoms with E-state index in [0.717, 1.165) is 48.1 Å². The van der Waals surface area contributed by atoms with Crippen LogP contribution >= 0.6 is 0 Å². The molecular weight excluding hydrogens is 426 g/mol. The Bertz CT molecular complexity index is 1210. The summed E-state index contributed by atoms with van der Waals surface area (Å²) in [5.74, 6) is -0.453. The maximum absolute atomic E-state index is 12.1. The molecule has 1 N–H and O–H groups in total. The summed E-state index contributed by atoms with van der Waals surface area (Å²) in [4.78, 5) is 12.1. The van der Waals surface area contributed by atoms with Crippen LogP contribution in [-0.2, 0) is 24.2 Å². The van der Waals surface area contributed by atoms with Gasteiger partial charge in [-0.25, -0.2) is 9.48 Å². The summed E-state index contributed by atoms with van der Waals surface area (Å²) in [5, 5.41) is 18.6. The number of nitrogens with zero attached hydrogens (tertiary/aromatic N) is 3. The summed E-state index contributed by atoms with van der Waals surface area (Å²) in [6.45, 7) is 0.0717. The van der Waals surface area contributed by atoms with Crippen LogP contribution in [0.15, 0.2) is 85.1 Å². The first kappa shape index (κ1) is 21.9. The van der Waals surface area contributed by atoms with Crippen molar-refractivity contribution < 1.29 is 14.6 Å². The summed E-state index contributed by atoms with van der Waals surface area (Å²) >= 11 is 0. The number of fused-ring (bicyclic) bond motifs is 1. The predicted octanol–water partition coefficient (Wildman–Crippen LogP) is 4.87. The molecule has 1 aromatic heterocycles. The molecule has 5 rings (SSSR count). The molecule has 4 aromatic rings. The first-order chi connectivity index (χ1) is 16.7. The third-order valence-electron chi connectivity index (χ3n) is 6.37. The van der Waals surface area contributed by atoms with Crippen molar-refractivity contribution in [3.63, 3.8) is 0 Å². The normalized spacial score (nSPS) is 13.9. The molecule has 172 valence electrons.